The van der Waals surface area contributed by atoms with Gasteiger partial charge in [-0.3, -0.25) is 4.57 Å². The molecule has 6 nitrogen and oxygen atoms in total. The third kappa shape index (κ3) is 3.40. The van der Waals surface area contributed by atoms with Gasteiger partial charge in [0.15, 0.2) is 5.16 Å². The minimum Gasteiger partial charge on any atom is -0.378 e. The molecule has 1 saturated heterocycles. The number of nitriles is 1. The molecule has 0 saturated carbocycles. The molecule has 114 valence electrons. The maximum absolute atomic E-state index is 8.81. The second kappa shape index (κ2) is 7.29. The van der Waals surface area contributed by atoms with E-state index in [-0.39, 0.29) is 0 Å². The normalized spacial score (nSPS) is 14.8. The van der Waals surface area contributed by atoms with Gasteiger partial charge in [-0.1, -0.05) is 42.1 Å². The van der Waals surface area contributed by atoms with Crippen LogP contribution in [0.15, 0.2) is 35.5 Å². The van der Waals surface area contributed by atoms with E-state index in [0.717, 1.165) is 24.2 Å². The first-order valence-corrected chi connectivity index (χ1v) is 8.16. The van der Waals surface area contributed by atoms with Gasteiger partial charge in [-0.15, -0.1) is 10.2 Å². The van der Waals surface area contributed by atoms with Crippen molar-refractivity contribution in [3.05, 3.63) is 35.9 Å². The van der Waals surface area contributed by atoms with Crippen molar-refractivity contribution in [1.29, 1.82) is 5.26 Å². The number of aromatic nitrogens is 3. The first-order chi connectivity index (χ1) is 10.9. The summed E-state index contributed by atoms with van der Waals surface area (Å²) in [6, 6.07) is 12.4. The van der Waals surface area contributed by atoms with Gasteiger partial charge in [0.05, 0.1) is 31.6 Å². The van der Waals surface area contributed by atoms with Gasteiger partial charge in [-0.25, -0.2) is 0 Å². The van der Waals surface area contributed by atoms with E-state index < -0.39 is 0 Å². The van der Waals surface area contributed by atoms with Gasteiger partial charge in [-0.05, 0) is 5.56 Å². The van der Waals surface area contributed by atoms with Crippen molar-refractivity contribution in [2.45, 2.75) is 11.7 Å². The molecule has 1 aromatic heterocycles. The molecule has 3 rings (SSSR count). The van der Waals surface area contributed by atoms with Crippen LogP contribution >= 0.6 is 11.8 Å². The molecular weight excluding hydrogens is 298 g/mol. The number of hydrogen-bond donors (Lipinski definition) is 0. The molecule has 1 aromatic carbocycles. The van der Waals surface area contributed by atoms with Crippen LogP contribution in [0.4, 0.5) is 5.95 Å². The van der Waals surface area contributed by atoms with Gasteiger partial charge in [-0.2, -0.15) is 5.26 Å². The van der Waals surface area contributed by atoms with E-state index in [1.165, 1.54) is 17.3 Å². The van der Waals surface area contributed by atoms with Gasteiger partial charge in [0.2, 0.25) is 5.95 Å². The maximum atomic E-state index is 8.81. The van der Waals surface area contributed by atoms with Crippen molar-refractivity contribution < 1.29 is 4.74 Å². The Morgan fingerprint density at radius 3 is 2.68 bits per heavy atom. The second-order valence-corrected chi connectivity index (χ2v) is 5.84. The van der Waals surface area contributed by atoms with Crippen molar-refractivity contribution in [3.63, 3.8) is 0 Å². The number of benzene rings is 1. The topological polar surface area (TPSA) is 67.0 Å². The molecule has 0 atom stereocenters. The van der Waals surface area contributed by atoms with Crippen LogP contribution in [-0.2, 0) is 11.3 Å². The Labute approximate surface area is 133 Å². The van der Waals surface area contributed by atoms with Crippen molar-refractivity contribution in [1.82, 2.24) is 14.8 Å². The summed E-state index contributed by atoms with van der Waals surface area (Å²) in [6.45, 7) is 3.75. The van der Waals surface area contributed by atoms with E-state index in [1.54, 1.807) is 0 Å². The summed E-state index contributed by atoms with van der Waals surface area (Å²) in [5.74, 6) is 1.23. The molecule has 0 radical (unpaired) electrons. The predicted octanol–water partition coefficient (Wildman–Crippen LogP) is 1.78. The minimum atomic E-state index is 0.371. The average Bonchev–Trinajstić information content (AvgIpc) is 2.97. The van der Waals surface area contributed by atoms with Gasteiger partial charge < -0.3 is 9.64 Å². The summed E-state index contributed by atoms with van der Waals surface area (Å²) in [5.41, 5.74) is 1.19. The lowest BCUT2D eigenvalue weighted by molar-refractivity contribution is 0.121. The van der Waals surface area contributed by atoms with Crippen LogP contribution < -0.4 is 4.90 Å². The van der Waals surface area contributed by atoms with Crippen LogP contribution in [0.2, 0.25) is 0 Å². The highest BCUT2D eigenvalue weighted by atomic mass is 32.2. The van der Waals surface area contributed by atoms with E-state index in [0.29, 0.717) is 25.5 Å². The van der Waals surface area contributed by atoms with E-state index in [9.17, 15) is 0 Å². The SMILES string of the molecule is N#CCSc1nnc(N2CCOCC2)n1Cc1ccccc1. The number of morpholine rings is 1. The largest absolute Gasteiger partial charge is 0.378 e. The first-order valence-electron chi connectivity index (χ1n) is 7.18. The van der Waals surface area contributed by atoms with Crippen molar-refractivity contribution in [2.75, 3.05) is 37.0 Å². The first kappa shape index (κ1) is 14.9. The lowest BCUT2D eigenvalue weighted by Crippen LogP contribution is -2.38. The van der Waals surface area contributed by atoms with Gasteiger partial charge in [0.25, 0.3) is 0 Å². The van der Waals surface area contributed by atoms with Crippen molar-refractivity contribution in [3.8, 4) is 6.07 Å². The third-order valence-corrected chi connectivity index (χ3v) is 4.27. The maximum Gasteiger partial charge on any atom is 0.228 e. The Hall–Kier alpha value is -2.04. The van der Waals surface area contributed by atoms with Crippen LogP contribution in [0.25, 0.3) is 0 Å². The fourth-order valence-corrected chi connectivity index (χ4v) is 2.98. The summed E-state index contributed by atoms with van der Waals surface area (Å²) >= 11 is 1.42. The number of anilines is 1. The summed E-state index contributed by atoms with van der Waals surface area (Å²) in [6.07, 6.45) is 0. The van der Waals surface area contributed by atoms with Crippen LogP contribution in [0.5, 0.6) is 0 Å². The number of rotatable bonds is 5. The molecule has 0 aliphatic carbocycles. The molecule has 2 aromatic rings. The predicted molar refractivity (Wildman–Crippen MR) is 84.9 cm³/mol. The van der Waals surface area contributed by atoms with Gasteiger partial charge in [0, 0.05) is 13.1 Å². The zero-order chi connectivity index (χ0) is 15.2. The zero-order valence-corrected chi connectivity index (χ0v) is 13.0. The van der Waals surface area contributed by atoms with Gasteiger partial charge in [0.1, 0.15) is 0 Å². The van der Waals surface area contributed by atoms with Crippen molar-refractivity contribution >= 4 is 17.7 Å². The quantitative estimate of drug-likeness (QED) is 0.784. The number of hydrogen-bond acceptors (Lipinski definition) is 6. The molecule has 0 spiro atoms. The lowest BCUT2D eigenvalue weighted by atomic mass is 10.2. The summed E-state index contributed by atoms with van der Waals surface area (Å²) in [5, 5.41) is 18.2. The molecule has 7 heteroatoms. The highest BCUT2D eigenvalue weighted by molar-refractivity contribution is 7.99. The monoisotopic (exact) mass is 315 g/mol. The third-order valence-electron chi connectivity index (χ3n) is 3.44. The van der Waals surface area contributed by atoms with E-state index >= 15 is 0 Å². The van der Waals surface area contributed by atoms with E-state index in [2.05, 4.69) is 37.9 Å². The molecule has 0 unspecified atom stereocenters. The molecule has 0 bridgehead atoms. The van der Waals surface area contributed by atoms with E-state index in [1.807, 2.05) is 18.2 Å². The molecule has 0 amide bonds. The highest BCUT2D eigenvalue weighted by Crippen LogP contribution is 2.23. The van der Waals surface area contributed by atoms with E-state index in [4.69, 9.17) is 10.00 Å². The molecule has 0 N–H and O–H groups in total. The Balaban J connectivity index is 1.88. The molecule has 1 aliphatic rings. The van der Waals surface area contributed by atoms with Crippen LogP contribution in [0, 0.1) is 11.3 Å². The molecule has 2 heterocycles. The zero-order valence-electron chi connectivity index (χ0n) is 12.2. The smallest absolute Gasteiger partial charge is 0.228 e. The van der Waals surface area contributed by atoms with Crippen molar-refractivity contribution in [2.24, 2.45) is 0 Å². The van der Waals surface area contributed by atoms with Crippen LogP contribution in [0.3, 0.4) is 0 Å². The standard InChI is InChI=1S/C15H17N5OS/c16-6-11-22-15-18-17-14(19-7-9-21-10-8-19)20(15)12-13-4-2-1-3-5-13/h1-5H,7-12H2. The number of thioether (sulfide) groups is 1. The molecule has 1 aliphatic heterocycles. The number of nitrogens with zero attached hydrogens (tertiary/aromatic N) is 5. The summed E-state index contributed by atoms with van der Waals surface area (Å²) < 4.78 is 7.49. The van der Waals surface area contributed by atoms with Crippen LogP contribution in [0.1, 0.15) is 5.56 Å². The molecule has 1 fully saturated rings. The summed E-state index contributed by atoms with van der Waals surface area (Å²) in [7, 11) is 0. The Morgan fingerprint density at radius 1 is 1.18 bits per heavy atom. The van der Waals surface area contributed by atoms with Gasteiger partial charge >= 0.3 is 0 Å². The lowest BCUT2D eigenvalue weighted by Gasteiger charge is -2.27. The highest BCUT2D eigenvalue weighted by Gasteiger charge is 2.20. The Bertz CT molecular complexity index is 646. The number of ether oxygens (including phenoxy) is 1. The molecule has 22 heavy (non-hydrogen) atoms. The second-order valence-electron chi connectivity index (χ2n) is 4.90. The Kier molecular flexibility index (Phi) is 4.93. The molecular formula is C15H17N5OS. The van der Waals surface area contributed by atoms with Crippen LogP contribution in [-0.4, -0.2) is 46.8 Å². The Morgan fingerprint density at radius 2 is 1.95 bits per heavy atom. The average molecular weight is 315 g/mol. The fourth-order valence-electron chi connectivity index (χ4n) is 2.39. The summed E-state index contributed by atoms with van der Waals surface area (Å²) in [4.78, 5) is 2.19. The fraction of sp³-hybridized carbons (Fsp3) is 0.400. The minimum absolute atomic E-state index is 0.371.